The molecule has 1 saturated heterocycles. The molecule has 1 aromatic carbocycles. The van der Waals surface area contributed by atoms with Crippen molar-refractivity contribution in [1.29, 1.82) is 0 Å². The lowest BCUT2D eigenvalue weighted by Crippen LogP contribution is -2.32. The Morgan fingerprint density at radius 2 is 2.04 bits per heavy atom. The van der Waals surface area contributed by atoms with E-state index in [-0.39, 0.29) is 6.10 Å². The molecule has 3 heterocycles. The summed E-state index contributed by atoms with van der Waals surface area (Å²) in [5, 5.41) is 5.74. The van der Waals surface area contributed by atoms with E-state index in [1.165, 1.54) is 18.5 Å². The van der Waals surface area contributed by atoms with Crippen molar-refractivity contribution in [1.82, 2.24) is 19.7 Å². The summed E-state index contributed by atoms with van der Waals surface area (Å²) < 4.78 is 13.3. The Balaban J connectivity index is 1.61. The molecule has 26 heavy (non-hydrogen) atoms. The predicted octanol–water partition coefficient (Wildman–Crippen LogP) is 3.09. The van der Waals surface area contributed by atoms with Crippen molar-refractivity contribution >= 4 is 10.9 Å². The molecular weight excluding hydrogens is 328 g/mol. The lowest BCUT2D eigenvalue weighted by molar-refractivity contribution is -0.0945. The van der Waals surface area contributed by atoms with Gasteiger partial charge in [-0.15, -0.1) is 0 Å². The smallest absolute Gasteiger partial charge is 0.159 e. The summed E-state index contributed by atoms with van der Waals surface area (Å²) in [6.45, 7) is 4.48. The maximum Gasteiger partial charge on any atom is 0.159 e. The lowest BCUT2D eigenvalue weighted by atomic mass is 10.1. The molecule has 0 bridgehead atoms. The number of aryl methyl sites for hydroxylation is 1. The quantitative estimate of drug-likeness (QED) is 0.723. The van der Waals surface area contributed by atoms with Gasteiger partial charge in [0, 0.05) is 22.6 Å². The van der Waals surface area contributed by atoms with Gasteiger partial charge in [-0.25, -0.2) is 9.67 Å². The summed E-state index contributed by atoms with van der Waals surface area (Å²) in [7, 11) is 0. The van der Waals surface area contributed by atoms with Crippen LogP contribution in [-0.2, 0) is 16.0 Å². The van der Waals surface area contributed by atoms with Gasteiger partial charge in [-0.05, 0) is 31.9 Å². The van der Waals surface area contributed by atoms with Crippen molar-refractivity contribution in [2.24, 2.45) is 0 Å². The predicted molar refractivity (Wildman–Crippen MR) is 98.0 cm³/mol. The zero-order valence-corrected chi connectivity index (χ0v) is 14.9. The Morgan fingerprint density at radius 1 is 1.15 bits per heavy atom. The minimum Gasteiger partial charge on any atom is -0.376 e. The highest BCUT2D eigenvalue weighted by Crippen LogP contribution is 2.41. The summed E-state index contributed by atoms with van der Waals surface area (Å²) in [5.74, 6) is 2.24. The van der Waals surface area contributed by atoms with Gasteiger partial charge in [-0.2, -0.15) is 5.10 Å². The van der Waals surface area contributed by atoms with Crippen molar-refractivity contribution in [3.63, 3.8) is 0 Å². The number of benzene rings is 1. The molecule has 2 aromatic heterocycles. The zero-order valence-electron chi connectivity index (χ0n) is 14.9. The number of fused-ring (bicyclic) bond motifs is 1. The summed E-state index contributed by atoms with van der Waals surface area (Å²) in [4.78, 5) is 9.62. The van der Waals surface area contributed by atoms with Crippen LogP contribution in [0.5, 0.6) is 0 Å². The summed E-state index contributed by atoms with van der Waals surface area (Å²) in [5.41, 5.74) is 3.30. The fraction of sp³-hybridized carbons (Fsp3) is 0.450. The van der Waals surface area contributed by atoms with Crippen LogP contribution in [0.15, 0.2) is 30.3 Å². The SMILES string of the molecule is Cc1nc(-c2cc(C3CC3)nc3ccccc23)n(CC2COCCO2)n1. The zero-order chi connectivity index (χ0) is 17.5. The highest BCUT2D eigenvalue weighted by atomic mass is 16.6. The number of aromatic nitrogens is 4. The van der Waals surface area contributed by atoms with Crippen molar-refractivity contribution in [3.8, 4) is 11.4 Å². The van der Waals surface area contributed by atoms with Crippen LogP contribution in [0.1, 0.15) is 30.3 Å². The Morgan fingerprint density at radius 3 is 2.85 bits per heavy atom. The van der Waals surface area contributed by atoms with Gasteiger partial charge in [0.05, 0.1) is 31.9 Å². The average molecular weight is 350 g/mol. The monoisotopic (exact) mass is 350 g/mol. The first kappa shape index (κ1) is 15.9. The molecule has 3 aromatic rings. The second-order valence-corrected chi connectivity index (χ2v) is 7.12. The summed E-state index contributed by atoms with van der Waals surface area (Å²) >= 11 is 0. The molecule has 5 rings (SSSR count). The molecule has 0 N–H and O–H groups in total. The van der Waals surface area contributed by atoms with Crippen LogP contribution in [0, 0.1) is 6.92 Å². The van der Waals surface area contributed by atoms with Gasteiger partial charge >= 0.3 is 0 Å². The number of hydrogen-bond acceptors (Lipinski definition) is 5. The number of hydrogen-bond donors (Lipinski definition) is 0. The largest absolute Gasteiger partial charge is 0.376 e. The van der Waals surface area contributed by atoms with E-state index >= 15 is 0 Å². The van der Waals surface area contributed by atoms with E-state index in [1.807, 2.05) is 17.7 Å². The Labute approximate surface area is 152 Å². The summed E-state index contributed by atoms with van der Waals surface area (Å²) in [6.07, 6.45) is 2.47. The van der Waals surface area contributed by atoms with Gasteiger partial charge in [0.2, 0.25) is 0 Å². The lowest BCUT2D eigenvalue weighted by Gasteiger charge is -2.23. The fourth-order valence-electron chi connectivity index (χ4n) is 3.59. The molecule has 6 nitrogen and oxygen atoms in total. The third kappa shape index (κ3) is 2.99. The van der Waals surface area contributed by atoms with E-state index in [2.05, 4.69) is 29.4 Å². The van der Waals surface area contributed by atoms with Gasteiger partial charge in [0.15, 0.2) is 5.82 Å². The average Bonchev–Trinajstić information content (AvgIpc) is 3.45. The van der Waals surface area contributed by atoms with Crippen LogP contribution in [-0.4, -0.2) is 45.7 Å². The van der Waals surface area contributed by atoms with Gasteiger partial charge in [-0.1, -0.05) is 18.2 Å². The molecule has 6 heteroatoms. The number of nitrogens with zero attached hydrogens (tertiary/aromatic N) is 4. The highest BCUT2D eigenvalue weighted by molar-refractivity contribution is 5.93. The maximum absolute atomic E-state index is 5.82. The maximum atomic E-state index is 5.82. The third-order valence-electron chi connectivity index (χ3n) is 5.01. The van der Waals surface area contributed by atoms with Crippen molar-refractivity contribution < 1.29 is 9.47 Å². The Hall–Kier alpha value is -2.31. The van der Waals surface area contributed by atoms with Crippen molar-refractivity contribution in [2.45, 2.75) is 38.3 Å². The van der Waals surface area contributed by atoms with E-state index < -0.39 is 0 Å². The van der Waals surface area contributed by atoms with Gasteiger partial charge < -0.3 is 9.47 Å². The van der Waals surface area contributed by atoms with Crippen LogP contribution < -0.4 is 0 Å². The highest BCUT2D eigenvalue weighted by Gasteiger charge is 2.27. The molecule has 1 saturated carbocycles. The van der Waals surface area contributed by atoms with Gasteiger partial charge in [0.25, 0.3) is 0 Å². The Bertz CT molecular complexity index is 942. The molecule has 2 aliphatic rings. The number of ether oxygens (including phenoxy) is 2. The molecule has 1 aliphatic carbocycles. The number of para-hydroxylation sites is 1. The number of pyridine rings is 1. The van der Waals surface area contributed by atoms with Crippen LogP contribution in [0.25, 0.3) is 22.3 Å². The molecule has 0 amide bonds. The molecule has 2 fully saturated rings. The topological polar surface area (TPSA) is 62.1 Å². The normalized spacial score (nSPS) is 20.6. The first-order chi connectivity index (χ1) is 12.8. The minimum atomic E-state index is 0.0135. The molecule has 1 aliphatic heterocycles. The summed E-state index contributed by atoms with van der Waals surface area (Å²) in [6, 6.07) is 10.5. The second-order valence-electron chi connectivity index (χ2n) is 7.12. The van der Waals surface area contributed by atoms with E-state index in [0.717, 1.165) is 28.1 Å². The molecular formula is C20H22N4O2. The van der Waals surface area contributed by atoms with Gasteiger partial charge in [-0.3, -0.25) is 4.98 Å². The third-order valence-corrected chi connectivity index (χ3v) is 5.01. The van der Waals surface area contributed by atoms with E-state index in [4.69, 9.17) is 19.4 Å². The fourth-order valence-corrected chi connectivity index (χ4v) is 3.59. The van der Waals surface area contributed by atoms with Crippen molar-refractivity contribution in [3.05, 3.63) is 41.9 Å². The molecule has 134 valence electrons. The van der Waals surface area contributed by atoms with E-state index in [9.17, 15) is 0 Å². The number of rotatable bonds is 4. The second kappa shape index (κ2) is 6.45. The molecule has 0 spiro atoms. The van der Waals surface area contributed by atoms with Crippen molar-refractivity contribution in [2.75, 3.05) is 19.8 Å². The van der Waals surface area contributed by atoms with Crippen LogP contribution >= 0.6 is 0 Å². The van der Waals surface area contributed by atoms with Crippen LogP contribution in [0.3, 0.4) is 0 Å². The Kier molecular flexibility index (Phi) is 3.94. The minimum absolute atomic E-state index is 0.0135. The molecule has 1 atom stereocenters. The molecule has 0 radical (unpaired) electrons. The van der Waals surface area contributed by atoms with E-state index in [0.29, 0.717) is 32.3 Å². The standard InChI is InChI=1S/C20H22N4O2/c1-13-21-20(24(23-13)11-15-12-25-8-9-26-15)17-10-19(14-6-7-14)22-18-5-3-2-4-16(17)18/h2-5,10,14-15H,6-9,11-12H2,1H3. The first-order valence-electron chi connectivity index (χ1n) is 9.29. The van der Waals surface area contributed by atoms with Crippen LogP contribution in [0.2, 0.25) is 0 Å². The first-order valence-corrected chi connectivity index (χ1v) is 9.29. The van der Waals surface area contributed by atoms with Gasteiger partial charge in [0.1, 0.15) is 11.9 Å². The van der Waals surface area contributed by atoms with E-state index in [1.54, 1.807) is 0 Å². The van der Waals surface area contributed by atoms with Crippen LogP contribution in [0.4, 0.5) is 0 Å². The molecule has 1 unspecified atom stereocenters.